The first-order valence-electron chi connectivity index (χ1n) is 10.5. The summed E-state index contributed by atoms with van der Waals surface area (Å²) in [6.07, 6.45) is 4.03. The highest BCUT2D eigenvalue weighted by Gasteiger charge is 2.21. The summed E-state index contributed by atoms with van der Waals surface area (Å²) in [4.78, 5) is 26.6. The number of benzene rings is 2. The normalized spacial score (nSPS) is 13.5. The van der Waals surface area contributed by atoms with Gasteiger partial charge in [0, 0.05) is 37.8 Å². The predicted molar refractivity (Wildman–Crippen MR) is 118 cm³/mol. The van der Waals surface area contributed by atoms with Crippen LogP contribution in [-0.4, -0.2) is 53.2 Å². The average molecular weight is 418 g/mol. The maximum atomic E-state index is 13.0. The van der Waals surface area contributed by atoms with Crippen LogP contribution in [0.15, 0.2) is 60.8 Å². The fraction of sp³-hybridized carbons (Fsp3) is 0.292. The van der Waals surface area contributed by atoms with Crippen LogP contribution in [0.25, 0.3) is 16.9 Å². The molecule has 0 saturated carbocycles. The fourth-order valence-electron chi connectivity index (χ4n) is 3.74. The molecule has 1 aliphatic rings. The minimum Gasteiger partial charge on any atom is -0.497 e. The topological polar surface area (TPSA) is 76.5 Å². The van der Waals surface area contributed by atoms with Gasteiger partial charge in [0.05, 0.1) is 18.4 Å². The van der Waals surface area contributed by atoms with Crippen molar-refractivity contribution in [2.45, 2.75) is 19.3 Å². The summed E-state index contributed by atoms with van der Waals surface area (Å²) in [5.41, 5.74) is 2.77. The van der Waals surface area contributed by atoms with E-state index in [0.717, 1.165) is 30.6 Å². The Hall–Kier alpha value is -3.61. The highest BCUT2D eigenvalue weighted by molar-refractivity contribution is 6.00. The van der Waals surface area contributed by atoms with Gasteiger partial charge in [-0.05, 0) is 37.1 Å². The van der Waals surface area contributed by atoms with Gasteiger partial charge in [0.2, 0.25) is 5.91 Å². The zero-order valence-corrected chi connectivity index (χ0v) is 17.6. The molecule has 0 bridgehead atoms. The second kappa shape index (κ2) is 9.47. The lowest BCUT2D eigenvalue weighted by molar-refractivity contribution is -0.127. The van der Waals surface area contributed by atoms with Crippen molar-refractivity contribution in [3.63, 3.8) is 0 Å². The minimum atomic E-state index is -0.187. The van der Waals surface area contributed by atoms with Gasteiger partial charge in [0.25, 0.3) is 5.91 Å². The second-order valence-corrected chi connectivity index (χ2v) is 7.50. The second-order valence-electron chi connectivity index (χ2n) is 7.50. The lowest BCUT2D eigenvalue weighted by Gasteiger charge is -2.15. The number of methoxy groups -OCH3 is 1. The zero-order chi connectivity index (χ0) is 21.6. The van der Waals surface area contributed by atoms with Crippen LogP contribution in [0.5, 0.6) is 5.75 Å². The van der Waals surface area contributed by atoms with Crippen molar-refractivity contribution in [2.24, 2.45) is 0 Å². The van der Waals surface area contributed by atoms with Gasteiger partial charge >= 0.3 is 0 Å². The van der Waals surface area contributed by atoms with E-state index in [2.05, 4.69) is 5.32 Å². The number of carbonyl (C=O) groups is 2. The van der Waals surface area contributed by atoms with Crippen LogP contribution in [0.2, 0.25) is 0 Å². The Balaban J connectivity index is 1.53. The minimum absolute atomic E-state index is 0.187. The summed E-state index contributed by atoms with van der Waals surface area (Å²) in [6.45, 7) is 1.98. The van der Waals surface area contributed by atoms with Crippen LogP contribution >= 0.6 is 0 Å². The van der Waals surface area contributed by atoms with Crippen LogP contribution in [0.1, 0.15) is 29.6 Å². The molecule has 1 fully saturated rings. The molecule has 0 aliphatic carbocycles. The Morgan fingerprint density at radius 1 is 1.16 bits per heavy atom. The largest absolute Gasteiger partial charge is 0.497 e. The van der Waals surface area contributed by atoms with Crippen LogP contribution in [0, 0.1) is 0 Å². The van der Waals surface area contributed by atoms with Gasteiger partial charge in [0.15, 0.2) is 0 Å². The van der Waals surface area contributed by atoms with E-state index in [9.17, 15) is 9.59 Å². The van der Waals surface area contributed by atoms with E-state index in [0.29, 0.717) is 36.5 Å². The van der Waals surface area contributed by atoms with Crippen LogP contribution in [-0.2, 0) is 4.79 Å². The average Bonchev–Trinajstić information content (AvgIpc) is 3.44. The molecular formula is C24H26N4O3. The molecule has 7 heteroatoms. The molecule has 1 saturated heterocycles. The molecule has 7 nitrogen and oxygen atoms in total. The zero-order valence-electron chi connectivity index (χ0n) is 17.6. The number of nitrogens with one attached hydrogen (secondary N) is 1. The molecule has 2 aromatic carbocycles. The summed E-state index contributed by atoms with van der Waals surface area (Å²) in [7, 11) is 1.61. The number of nitrogens with zero attached hydrogens (tertiary/aromatic N) is 3. The van der Waals surface area contributed by atoms with Gasteiger partial charge in [0.1, 0.15) is 11.4 Å². The smallest absolute Gasteiger partial charge is 0.255 e. The molecule has 1 aromatic heterocycles. The van der Waals surface area contributed by atoms with E-state index >= 15 is 0 Å². The third-order valence-corrected chi connectivity index (χ3v) is 5.38. The Morgan fingerprint density at radius 3 is 2.74 bits per heavy atom. The van der Waals surface area contributed by atoms with Crippen molar-refractivity contribution in [1.29, 1.82) is 0 Å². The van der Waals surface area contributed by atoms with Gasteiger partial charge in [-0.25, -0.2) is 4.68 Å². The first-order valence-corrected chi connectivity index (χ1v) is 10.5. The summed E-state index contributed by atoms with van der Waals surface area (Å²) in [6, 6.07) is 17.2. The standard InChI is InChI=1S/C24H26N4O3/c1-31-20-11-5-8-18(16-20)23-21(17-28(26-23)19-9-3-2-4-10-19)24(30)25-13-7-15-27-14-6-12-22(27)29/h2-5,8-11,16-17H,6-7,12-15H2,1H3,(H,25,30). The third-order valence-electron chi connectivity index (χ3n) is 5.38. The molecule has 3 aromatic rings. The van der Waals surface area contributed by atoms with E-state index in [1.165, 1.54) is 0 Å². The summed E-state index contributed by atoms with van der Waals surface area (Å²) >= 11 is 0. The maximum absolute atomic E-state index is 13.0. The number of amides is 2. The van der Waals surface area contributed by atoms with E-state index in [1.807, 2.05) is 59.5 Å². The molecule has 2 heterocycles. The fourth-order valence-corrected chi connectivity index (χ4v) is 3.74. The third kappa shape index (κ3) is 4.77. The van der Waals surface area contributed by atoms with Gasteiger partial charge in [-0.15, -0.1) is 0 Å². The van der Waals surface area contributed by atoms with Gasteiger partial charge < -0.3 is 15.0 Å². The highest BCUT2D eigenvalue weighted by atomic mass is 16.5. The lowest BCUT2D eigenvalue weighted by Crippen LogP contribution is -2.30. The number of hydrogen-bond acceptors (Lipinski definition) is 4. The molecule has 1 aliphatic heterocycles. The predicted octanol–water partition coefficient (Wildman–Crippen LogP) is 3.29. The summed E-state index contributed by atoms with van der Waals surface area (Å²) in [5, 5.41) is 7.68. The summed E-state index contributed by atoms with van der Waals surface area (Å²) in [5.74, 6) is 0.719. The van der Waals surface area contributed by atoms with Crippen molar-refractivity contribution < 1.29 is 14.3 Å². The first kappa shape index (κ1) is 20.7. The van der Waals surface area contributed by atoms with E-state index < -0.39 is 0 Å². The van der Waals surface area contributed by atoms with Gasteiger partial charge in [-0.1, -0.05) is 30.3 Å². The van der Waals surface area contributed by atoms with Crippen molar-refractivity contribution in [3.05, 3.63) is 66.4 Å². The number of carbonyl (C=O) groups excluding carboxylic acids is 2. The van der Waals surface area contributed by atoms with E-state index in [4.69, 9.17) is 9.84 Å². The molecule has 31 heavy (non-hydrogen) atoms. The Bertz CT molecular complexity index is 1060. The van der Waals surface area contributed by atoms with Gasteiger partial charge in [-0.2, -0.15) is 5.10 Å². The number of aromatic nitrogens is 2. The lowest BCUT2D eigenvalue weighted by atomic mass is 10.1. The highest BCUT2D eigenvalue weighted by Crippen LogP contribution is 2.27. The molecular weight excluding hydrogens is 392 g/mol. The van der Waals surface area contributed by atoms with E-state index in [1.54, 1.807) is 18.0 Å². The molecule has 2 amide bonds. The molecule has 0 unspecified atom stereocenters. The number of hydrogen-bond donors (Lipinski definition) is 1. The van der Waals surface area contributed by atoms with Crippen LogP contribution < -0.4 is 10.1 Å². The van der Waals surface area contributed by atoms with Crippen LogP contribution in [0.4, 0.5) is 0 Å². The quantitative estimate of drug-likeness (QED) is 0.570. The van der Waals surface area contributed by atoms with Crippen molar-refractivity contribution in [3.8, 4) is 22.7 Å². The van der Waals surface area contributed by atoms with Crippen molar-refractivity contribution in [1.82, 2.24) is 20.0 Å². The molecule has 1 N–H and O–H groups in total. The SMILES string of the molecule is COc1cccc(-c2nn(-c3ccccc3)cc2C(=O)NCCCN2CCCC2=O)c1. The number of para-hydroxylation sites is 1. The molecule has 4 rings (SSSR count). The van der Waals surface area contributed by atoms with Gasteiger partial charge in [-0.3, -0.25) is 9.59 Å². The number of ether oxygens (including phenoxy) is 1. The number of likely N-dealkylation sites (tertiary alicyclic amines) is 1. The number of rotatable bonds is 8. The Labute approximate surface area is 181 Å². The molecule has 160 valence electrons. The Morgan fingerprint density at radius 2 is 2.00 bits per heavy atom. The summed E-state index contributed by atoms with van der Waals surface area (Å²) < 4.78 is 7.05. The van der Waals surface area contributed by atoms with Crippen molar-refractivity contribution >= 4 is 11.8 Å². The van der Waals surface area contributed by atoms with Crippen molar-refractivity contribution in [2.75, 3.05) is 26.7 Å². The molecule has 0 spiro atoms. The van der Waals surface area contributed by atoms with E-state index in [-0.39, 0.29) is 11.8 Å². The monoisotopic (exact) mass is 418 g/mol. The first-order chi connectivity index (χ1) is 15.2. The maximum Gasteiger partial charge on any atom is 0.255 e. The molecule has 0 atom stereocenters. The van der Waals surface area contributed by atoms with Crippen LogP contribution in [0.3, 0.4) is 0 Å². The molecule has 0 radical (unpaired) electrons. The Kier molecular flexibility index (Phi) is 6.31.